The minimum atomic E-state index is -3.25. The first kappa shape index (κ1) is 14.5. The second-order valence-corrected chi connectivity index (χ2v) is 8.21. The summed E-state index contributed by atoms with van der Waals surface area (Å²) in [7, 11) is -3.25. The van der Waals surface area contributed by atoms with Gasteiger partial charge in [0.05, 0.1) is 16.4 Å². The number of aliphatic hydroxyl groups is 1. The third kappa shape index (κ3) is 2.80. The molecule has 21 heavy (non-hydrogen) atoms. The topological polar surface area (TPSA) is 67.3 Å². The lowest BCUT2D eigenvalue weighted by molar-refractivity contribution is 0.0504. The number of fused-ring (bicyclic) bond motifs is 1. The van der Waals surface area contributed by atoms with Gasteiger partial charge in [-0.3, -0.25) is 4.98 Å². The van der Waals surface area contributed by atoms with Crippen LogP contribution >= 0.6 is 0 Å². The lowest BCUT2D eigenvalue weighted by atomic mass is 9.95. The number of pyridine rings is 1. The molecule has 1 aliphatic carbocycles. The molecule has 3 rings (SSSR count). The predicted molar refractivity (Wildman–Crippen MR) is 82.9 cm³/mol. The highest BCUT2D eigenvalue weighted by molar-refractivity contribution is 7.91. The fraction of sp³-hybridized carbons (Fsp3) is 0.438. The first-order chi connectivity index (χ1) is 9.88. The van der Waals surface area contributed by atoms with Crippen molar-refractivity contribution >= 4 is 20.7 Å². The Morgan fingerprint density at radius 3 is 2.81 bits per heavy atom. The second-order valence-electron chi connectivity index (χ2n) is 5.99. The van der Waals surface area contributed by atoms with Crippen molar-refractivity contribution in [2.45, 2.75) is 36.5 Å². The number of benzene rings is 1. The van der Waals surface area contributed by atoms with Crippen LogP contribution in [-0.4, -0.2) is 35.6 Å². The van der Waals surface area contributed by atoms with Crippen molar-refractivity contribution in [3.05, 3.63) is 42.1 Å². The Kier molecular flexibility index (Phi) is 3.50. The van der Waals surface area contributed by atoms with Crippen LogP contribution in [0.2, 0.25) is 0 Å². The van der Waals surface area contributed by atoms with Crippen LogP contribution in [0.4, 0.5) is 0 Å². The van der Waals surface area contributed by atoms with E-state index in [1.54, 1.807) is 0 Å². The molecule has 1 N–H and O–H groups in total. The predicted octanol–water partition coefficient (Wildman–Crippen LogP) is 2.11. The Bertz CT molecular complexity index is 772. The monoisotopic (exact) mass is 305 g/mol. The molecule has 5 heteroatoms. The smallest absolute Gasteiger partial charge is 0.153 e. The van der Waals surface area contributed by atoms with Crippen LogP contribution in [-0.2, 0) is 16.3 Å². The summed E-state index contributed by atoms with van der Waals surface area (Å²) in [6, 6.07) is 11.6. The molecular weight excluding hydrogens is 286 g/mol. The highest BCUT2D eigenvalue weighted by atomic mass is 32.2. The van der Waals surface area contributed by atoms with Gasteiger partial charge in [0.1, 0.15) is 0 Å². The number of rotatable bonds is 3. The van der Waals surface area contributed by atoms with E-state index in [9.17, 15) is 13.5 Å². The molecule has 0 amide bonds. The van der Waals surface area contributed by atoms with Gasteiger partial charge in [-0.2, -0.15) is 0 Å². The first-order valence-corrected chi connectivity index (χ1v) is 9.10. The molecule has 1 aromatic carbocycles. The molecule has 0 bridgehead atoms. The Morgan fingerprint density at radius 1 is 1.29 bits per heavy atom. The van der Waals surface area contributed by atoms with Gasteiger partial charge < -0.3 is 5.11 Å². The van der Waals surface area contributed by atoms with Crippen molar-refractivity contribution in [2.24, 2.45) is 0 Å². The van der Waals surface area contributed by atoms with Crippen LogP contribution in [0.5, 0.6) is 0 Å². The van der Waals surface area contributed by atoms with Crippen LogP contribution in [0.1, 0.15) is 25.0 Å². The van der Waals surface area contributed by atoms with Gasteiger partial charge >= 0.3 is 0 Å². The van der Waals surface area contributed by atoms with E-state index in [0.29, 0.717) is 12.8 Å². The van der Waals surface area contributed by atoms with Crippen molar-refractivity contribution in [3.63, 3.8) is 0 Å². The first-order valence-electron chi connectivity index (χ1n) is 7.14. The highest BCUT2D eigenvalue weighted by Gasteiger charge is 2.46. The number of sulfone groups is 1. The molecule has 0 spiro atoms. The summed E-state index contributed by atoms with van der Waals surface area (Å²) in [4.78, 5) is 4.55. The van der Waals surface area contributed by atoms with Gasteiger partial charge in [0.15, 0.2) is 9.84 Å². The third-order valence-electron chi connectivity index (χ3n) is 4.34. The van der Waals surface area contributed by atoms with Crippen LogP contribution in [0.3, 0.4) is 0 Å². The van der Waals surface area contributed by atoms with Crippen molar-refractivity contribution < 1.29 is 13.5 Å². The molecule has 1 heterocycles. The van der Waals surface area contributed by atoms with Gasteiger partial charge in [-0.15, -0.1) is 0 Å². The molecule has 1 fully saturated rings. The molecule has 1 aromatic heterocycles. The maximum atomic E-state index is 11.9. The Hall–Kier alpha value is -1.46. The van der Waals surface area contributed by atoms with E-state index in [2.05, 4.69) is 4.98 Å². The minimum absolute atomic E-state index is 0.287. The number of hydrogen-bond acceptors (Lipinski definition) is 4. The average molecular weight is 305 g/mol. The van der Waals surface area contributed by atoms with Crippen LogP contribution in [0.15, 0.2) is 36.4 Å². The van der Waals surface area contributed by atoms with E-state index in [0.717, 1.165) is 23.0 Å². The largest absolute Gasteiger partial charge is 0.388 e. The van der Waals surface area contributed by atoms with Crippen molar-refractivity contribution in [2.75, 3.05) is 6.26 Å². The van der Waals surface area contributed by atoms with E-state index >= 15 is 0 Å². The standard InChI is InChI=1S/C16H19NO3S/c1-21(19,20)15-7-4-10-16(15,18)11-13-9-8-12-5-2-3-6-14(12)17-13/h2-3,5-6,8-9,15,18H,4,7,10-11H2,1H3. The van der Waals surface area contributed by atoms with Gasteiger partial charge in [0, 0.05) is 23.8 Å². The lowest BCUT2D eigenvalue weighted by Gasteiger charge is -2.28. The average Bonchev–Trinajstić information content (AvgIpc) is 2.80. The van der Waals surface area contributed by atoms with Gasteiger partial charge in [-0.05, 0) is 31.4 Å². The summed E-state index contributed by atoms with van der Waals surface area (Å²) in [6.07, 6.45) is 3.28. The third-order valence-corrected chi connectivity index (χ3v) is 6.04. The van der Waals surface area contributed by atoms with Crippen molar-refractivity contribution in [1.82, 2.24) is 4.98 Å². The fourth-order valence-corrected chi connectivity index (χ4v) is 4.95. The molecule has 2 unspecified atom stereocenters. The van der Waals surface area contributed by atoms with Gasteiger partial charge in [0.25, 0.3) is 0 Å². The fourth-order valence-electron chi connectivity index (χ4n) is 3.36. The van der Waals surface area contributed by atoms with Gasteiger partial charge in [-0.1, -0.05) is 24.3 Å². The summed E-state index contributed by atoms with van der Waals surface area (Å²) < 4.78 is 23.7. The summed E-state index contributed by atoms with van der Waals surface area (Å²) in [5.41, 5.74) is 0.419. The SMILES string of the molecule is CS(=O)(=O)C1CCCC1(O)Cc1ccc2ccccc2n1. The van der Waals surface area contributed by atoms with E-state index in [-0.39, 0.29) is 6.42 Å². The molecule has 2 aromatic rings. The Labute approximate surface area is 124 Å². The lowest BCUT2D eigenvalue weighted by Crippen LogP contribution is -2.44. The Balaban J connectivity index is 1.93. The number of aromatic nitrogens is 1. The summed E-state index contributed by atoms with van der Waals surface area (Å²) in [5, 5.41) is 11.2. The van der Waals surface area contributed by atoms with Gasteiger partial charge in [0.2, 0.25) is 0 Å². The van der Waals surface area contributed by atoms with E-state index < -0.39 is 20.7 Å². The van der Waals surface area contributed by atoms with E-state index in [1.165, 1.54) is 6.26 Å². The second kappa shape index (κ2) is 5.07. The highest BCUT2D eigenvalue weighted by Crippen LogP contribution is 2.37. The molecule has 112 valence electrons. The number of nitrogens with zero attached hydrogens (tertiary/aromatic N) is 1. The van der Waals surface area contributed by atoms with E-state index in [4.69, 9.17) is 0 Å². The van der Waals surface area contributed by atoms with Crippen LogP contribution in [0, 0.1) is 0 Å². The summed E-state index contributed by atoms with van der Waals surface area (Å²) in [5.74, 6) is 0. The molecule has 1 saturated carbocycles. The zero-order chi connectivity index (χ0) is 15.1. The van der Waals surface area contributed by atoms with Crippen molar-refractivity contribution in [1.29, 1.82) is 0 Å². The van der Waals surface area contributed by atoms with Crippen LogP contribution < -0.4 is 0 Å². The maximum absolute atomic E-state index is 11.9. The number of hydrogen-bond donors (Lipinski definition) is 1. The van der Waals surface area contributed by atoms with Crippen LogP contribution in [0.25, 0.3) is 10.9 Å². The minimum Gasteiger partial charge on any atom is -0.388 e. The van der Waals surface area contributed by atoms with Gasteiger partial charge in [-0.25, -0.2) is 8.42 Å². The zero-order valence-corrected chi connectivity index (χ0v) is 12.8. The Morgan fingerprint density at radius 2 is 2.05 bits per heavy atom. The maximum Gasteiger partial charge on any atom is 0.153 e. The zero-order valence-electron chi connectivity index (χ0n) is 12.0. The molecule has 4 nitrogen and oxygen atoms in total. The molecule has 2 atom stereocenters. The summed E-state index contributed by atoms with van der Waals surface area (Å²) in [6.45, 7) is 0. The molecule has 0 radical (unpaired) electrons. The summed E-state index contributed by atoms with van der Waals surface area (Å²) >= 11 is 0. The molecular formula is C16H19NO3S. The van der Waals surface area contributed by atoms with E-state index in [1.807, 2.05) is 36.4 Å². The van der Waals surface area contributed by atoms with Crippen molar-refractivity contribution in [3.8, 4) is 0 Å². The molecule has 1 aliphatic rings. The molecule has 0 saturated heterocycles. The molecule has 0 aliphatic heterocycles. The normalized spacial score (nSPS) is 26.3. The number of para-hydroxylation sites is 1. The quantitative estimate of drug-likeness (QED) is 0.943.